The molecule has 4 nitrogen and oxygen atoms in total. The number of alkyl halides is 2. The first-order chi connectivity index (χ1) is 16.2. The summed E-state index contributed by atoms with van der Waals surface area (Å²) >= 11 is 0. The van der Waals surface area contributed by atoms with Crippen molar-refractivity contribution in [2.24, 2.45) is 17.8 Å². The lowest BCUT2D eigenvalue weighted by Gasteiger charge is -2.28. The Morgan fingerprint density at radius 2 is 1.79 bits per heavy atom. The summed E-state index contributed by atoms with van der Waals surface area (Å²) in [6.07, 6.45) is 5.01. The molecule has 1 aromatic carbocycles. The van der Waals surface area contributed by atoms with Crippen molar-refractivity contribution >= 4 is 5.97 Å². The molecule has 1 fully saturated rings. The second kappa shape index (κ2) is 14.8. The van der Waals surface area contributed by atoms with Crippen molar-refractivity contribution in [3.05, 3.63) is 35.9 Å². The molecule has 1 aliphatic rings. The van der Waals surface area contributed by atoms with Gasteiger partial charge in [-0.2, -0.15) is 0 Å². The number of aliphatic hydroxyl groups excluding tert-OH is 2. The zero-order valence-electron chi connectivity index (χ0n) is 20.9. The number of hydrogen-bond acceptors (Lipinski definition) is 4. The van der Waals surface area contributed by atoms with Gasteiger partial charge in [-0.1, -0.05) is 69.9 Å². The standard InChI is InChI=1S/C28H44F2O4/c1-3-4-18-28(29,30)26(32)17-16-23-21(2)19-25(31)24(23)14-10-5-6-11-15-27(33)34-20-22-12-8-7-9-13-22/h7-9,12-13,21,23-26,31-32H,3-6,10-11,14-20H2,1-2H3/t21-,23+,24-,25+,26?/m1/s1. The molecule has 2 N–H and O–H groups in total. The van der Waals surface area contributed by atoms with E-state index in [-0.39, 0.29) is 36.6 Å². The normalized spacial score (nSPS) is 23.7. The van der Waals surface area contributed by atoms with Crippen LogP contribution < -0.4 is 0 Å². The Balaban J connectivity index is 1.64. The van der Waals surface area contributed by atoms with Crippen molar-refractivity contribution in [1.29, 1.82) is 0 Å². The zero-order chi connectivity index (χ0) is 25.0. The third-order valence-corrected chi connectivity index (χ3v) is 7.42. The lowest BCUT2D eigenvalue weighted by molar-refractivity contribution is -0.145. The Bertz CT molecular complexity index is 697. The number of benzene rings is 1. The first kappa shape index (κ1) is 28.7. The SMILES string of the molecule is CCCCC(F)(F)C(O)CC[C@@H]1[C@@H](CCCCCCC(=O)OCc2ccccc2)[C@@H](O)C[C@H]1C. The minimum absolute atomic E-state index is 0.0834. The van der Waals surface area contributed by atoms with Gasteiger partial charge in [-0.25, -0.2) is 8.78 Å². The molecule has 6 heteroatoms. The summed E-state index contributed by atoms with van der Waals surface area (Å²) in [6.45, 7) is 4.25. The average Bonchev–Trinajstić information content (AvgIpc) is 3.09. The highest BCUT2D eigenvalue weighted by atomic mass is 19.3. The van der Waals surface area contributed by atoms with Gasteiger partial charge in [0.1, 0.15) is 12.7 Å². The second-order valence-electron chi connectivity index (χ2n) is 10.2. The summed E-state index contributed by atoms with van der Waals surface area (Å²) in [5.41, 5.74) is 0.979. The van der Waals surface area contributed by atoms with E-state index in [4.69, 9.17) is 4.74 Å². The lowest BCUT2D eigenvalue weighted by atomic mass is 9.81. The Hall–Kier alpha value is -1.53. The third kappa shape index (κ3) is 9.61. The number of halogens is 2. The highest BCUT2D eigenvalue weighted by molar-refractivity contribution is 5.69. The van der Waals surface area contributed by atoms with Gasteiger partial charge in [0.05, 0.1) is 6.10 Å². The van der Waals surface area contributed by atoms with E-state index in [1.807, 2.05) is 37.3 Å². The second-order valence-corrected chi connectivity index (χ2v) is 10.2. The van der Waals surface area contributed by atoms with Gasteiger partial charge in [0.2, 0.25) is 0 Å². The van der Waals surface area contributed by atoms with E-state index < -0.39 is 18.1 Å². The molecular weight excluding hydrogens is 438 g/mol. The lowest BCUT2D eigenvalue weighted by Crippen LogP contribution is -2.34. The summed E-state index contributed by atoms with van der Waals surface area (Å²) in [6, 6.07) is 9.62. The van der Waals surface area contributed by atoms with Crippen LogP contribution in [0.3, 0.4) is 0 Å². The van der Waals surface area contributed by atoms with Crippen molar-refractivity contribution in [2.75, 3.05) is 0 Å². The molecule has 2 rings (SSSR count). The predicted molar refractivity (Wildman–Crippen MR) is 130 cm³/mol. The average molecular weight is 483 g/mol. The Morgan fingerprint density at radius 3 is 2.50 bits per heavy atom. The van der Waals surface area contributed by atoms with Crippen LogP contribution in [0.5, 0.6) is 0 Å². The van der Waals surface area contributed by atoms with Gasteiger partial charge in [0.15, 0.2) is 0 Å². The Morgan fingerprint density at radius 1 is 1.09 bits per heavy atom. The summed E-state index contributed by atoms with van der Waals surface area (Å²) in [5, 5.41) is 20.6. The van der Waals surface area contributed by atoms with Crippen LogP contribution in [0.4, 0.5) is 8.78 Å². The van der Waals surface area contributed by atoms with Gasteiger partial charge in [0.25, 0.3) is 5.92 Å². The van der Waals surface area contributed by atoms with Gasteiger partial charge in [-0.3, -0.25) is 4.79 Å². The van der Waals surface area contributed by atoms with Gasteiger partial charge in [0, 0.05) is 12.8 Å². The maximum Gasteiger partial charge on any atom is 0.306 e. The third-order valence-electron chi connectivity index (χ3n) is 7.42. The van der Waals surface area contributed by atoms with Gasteiger partial charge < -0.3 is 14.9 Å². The molecule has 0 aromatic heterocycles. The van der Waals surface area contributed by atoms with E-state index in [2.05, 4.69) is 6.92 Å². The molecular formula is C28H44F2O4. The van der Waals surface area contributed by atoms with Gasteiger partial charge in [-0.15, -0.1) is 0 Å². The fraction of sp³-hybridized carbons (Fsp3) is 0.750. The molecule has 0 saturated heterocycles. The molecule has 0 radical (unpaired) electrons. The number of rotatable bonds is 16. The number of unbranched alkanes of at least 4 members (excludes halogenated alkanes) is 4. The van der Waals surface area contributed by atoms with E-state index in [0.717, 1.165) is 37.7 Å². The monoisotopic (exact) mass is 482 g/mol. The van der Waals surface area contributed by atoms with Crippen LogP contribution in [-0.2, 0) is 16.1 Å². The van der Waals surface area contributed by atoms with Crippen LogP contribution in [-0.4, -0.2) is 34.3 Å². The predicted octanol–water partition coefficient (Wildman–Crippen LogP) is 6.67. The minimum Gasteiger partial charge on any atom is -0.461 e. The number of aliphatic hydroxyl groups is 2. The van der Waals surface area contributed by atoms with Gasteiger partial charge >= 0.3 is 5.97 Å². The van der Waals surface area contributed by atoms with Crippen LogP contribution in [0.25, 0.3) is 0 Å². The molecule has 1 aromatic rings. The summed E-state index contributed by atoms with van der Waals surface area (Å²) < 4.78 is 33.6. The smallest absolute Gasteiger partial charge is 0.306 e. The fourth-order valence-corrected chi connectivity index (χ4v) is 5.30. The molecule has 1 saturated carbocycles. The van der Waals surface area contributed by atoms with E-state index in [1.165, 1.54) is 0 Å². The van der Waals surface area contributed by atoms with E-state index in [1.54, 1.807) is 0 Å². The molecule has 1 unspecified atom stereocenters. The molecule has 34 heavy (non-hydrogen) atoms. The number of ether oxygens (including phenoxy) is 1. The van der Waals surface area contributed by atoms with Crippen LogP contribution in [0, 0.1) is 17.8 Å². The van der Waals surface area contributed by atoms with Gasteiger partial charge in [-0.05, 0) is 61.8 Å². The Labute approximate surface area is 204 Å². The molecule has 0 heterocycles. The molecule has 0 spiro atoms. The molecule has 0 aliphatic heterocycles. The molecule has 5 atom stereocenters. The molecule has 1 aliphatic carbocycles. The summed E-state index contributed by atoms with van der Waals surface area (Å²) in [7, 11) is 0. The fourth-order valence-electron chi connectivity index (χ4n) is 5.30. The van der Waals surface area contributed by atoms with Crippen LogP contribution in [0.2, 0.25) is 0 Å². The van der Waals surface area contributed by atoms with Crippen molar-refractivity contribution < 1.29 is 28.5 Å². The number of carbonyl (C=O) groups excluding carboxylic acids is 1. The maximum absolute atomic E-state index is 14.1. The summed E-state index contributed by atoms with van der Waals surface area (Å²) in [4.78, 5) is 11.9. The number of hydrogen-bond donors (Lipinski definition) is 2. The maximum atomic E-state index is 14.1. The van der Waals surface area contributed by atoms with Crippen molar-refractivity contribution in [3.8, 4) is 0 Å². The number of carbonyl (C=O) groups is 1. The molecule has 0 amide bonds. The first-order valence-electron chi connectivity index (χ1n) is 13.2. The van der Waals surface area contributed by atoms with E-state index in [9.17, 15) is 23.8 Å². The first-order valence-corrected chi connectivity index (χ1v) is 13.2. The highest BCUT2D eigenvalue weighted by Crippen LogP contribution is 2.43. The van der Waals surface area contributed by atoms with Crippen LogP contribution in [0.1, 0.15) is 96.5 Å². The largest absolute Gasteiger partial charge is 0.461 e. The summed E-state index contributed by atoms with van der Waals surface area (Å²) in [5.74, 6) is -2.68. The van der Waals surface area contributed by atoms with Crippen LogP contribution in [0.15, 0.2) is 30.3 Å². The zero-order valence-corrected chi connectivity index (χ0v) is 20.9. The van der Waals surface area contributed by atoms with Crippen molar-refractivity contribution in [2.45, 2.75) is 116 Å². The van der Waals surface area contributed by atoms with E-state index in [0.29, 0.717) is 38.7 Å². The quantitative estimate of drug-likeness (QED) is 0.204. The van der Waals surface area contributed by atoms with Crippen molar-refractivity contribution in [1.82, 2.24) is 0 Å². The molecule has 194 valence electrons. The topological polar surface area (TPSA) is 66.8 Å². The Kier molecular flexibility index (Phi) is 12.5. The van der Waals surface area contributed by atoms with Crippen molar-refractivity contribution in [3.63, 3.8) is 0 Å². The van der Waals surface area contributed by atoms with Crippen LogP contribution >= 0.6 is 0 Å². The van der Waals surface area contributed by atoms with E-state index >= 15 is 0 Å². The highest BCUT2D eigenvalue weighted by Gasteiger charge is 2.42. The number of esters is 1. The molecule has 0 bridgehead atoms. The minimum atomic E-state index is -3.03.